The average molecular weight is 308 g/mol. The monoisotopic (exact) mass is 308 g/mol. The van der Waals surface area contributed by atoms with E-state index in [0.717, 1.165) is 29.7 Å². The Balaban J connectivity index is 1.52. The van der Waals surface area contributed by atoms with Gasteiger partial charge in [-0.25, -0.2) is 9.37 Å². The van der Waals surface area contributed by atoms with Gasteiger partial charge in [-0.1, -0.05) is 18.2 Å². The maximum atomic E-state index is 13.2. The lowest BCUT2D eigenvalue weighted by Gasteiger charge is -2.06. The van der Waals surface area contributed by atoms with Crippen molar-refractivity contribution in [2.45, 2.75) is 12.8 Å². The summed E-state index contributed by atoms with van der Waals surface area (Å²) >= 11 is 0. The highest BCUT2D eigenvalue weighted by Crippen LogP contribution is 2.21. The van der Waals surface area contributed by atoms with Crippen molar-refractivity contribution in [3.63, 3.8) is 0 Å². The predicted molar refractivity (Wildman–Crippen MR) is 87.7 cm³/mol. The van der Waals surface area contributed by atoms with E-state index < -0.39 is 0 Å². The van der Waals surface area contributed by atoms with Crippen molar-refractivity contribution in [2.24, 2.45) is 0 Å². The van der Waals surface area contributed by atoms with Crippen molar-refractivity contribution in [3.05, 3.63) is 78.5 Å². The Labute approximate surface area is 134 Å². The van der Waals surface area contributed by atoms with Crippen molar-refractivity contribution in [1.82, 2.24) is 9.97 Å². The van der Waals surface area contributed by atoms with Gasteiger partial charge in [-0.05, 0) is 48.7 Å². The first-order valence-corrected chi connectivity index (χ1v) is 7.56. The van der Waals surface area contributed by atoms with E-state index in [4.69, 9.17) is 4.74 Å². The zero-order valence-corrected chi connectivity index (χ0v) is 12.7. The molecule has 2 heterocycles. The van der Waals surface area contributed by atoms with Crippen LogP contribution in [0.15, 0.2) is 67.0 Å². The van der Waals surface area contributed by atoms with Gasteiger partial charge in [0.2, 0.25) is 5.88 Å². The van der Waals surface area contributed by atoms with Crippen LogP contribution in [0.25, 0.3) is 11.1 Å². The van der Waals surface area contributed by atoms with Crippen LogP contribution in [0.4, 0.5) is 4.39 Å². The minimum absolute atomic E-state index is 0.252. The van der Waals surface area contributed by atoms with Crippen LogP contribution < -0.4 is 4.74 Å². The molecule has 0 N–H and O–H groups in total. The summed E-state index contributed by atoms with van der Waals surface area (Å²) in [4.78, 5) is 8.54. The van der Waals surface area contributed by atoms with Crippen molar-refractivity contribution in [3.8, 4) is 17.0 Å². The fourth-order valence-corrected chi connectivity index (χ4v) is 2.28. The summed E-state index contributed by atoms with van der Waals surface area (Å²) in [6, 6.07) is 16.0. The SMILES string of the molecule is Fc1cccc(-c2ccc(OCCCc3ccccn3)nc2)c1. The summed E-state index contributed by atoms with van der Waals surface area (Å²) in [7, 11) is 0. The van der Waals surface area contributed by atoms with Gasteiger partial charge in [0.05, 0.1) is 6.61 Å². The molecule has 0 fully saturated rings. The fraction of sp³-hybridized carbons (Fsp3) is 0.158. The number of nitrogens with zero attached hydrogens (tertiary/aromatic N) is 2. The molecule has 1 aromatic carbocycles. The van der Waals surface area contributed by atoms with Crippen LogP contribution in [-0.2, 0) is 6.42 Å². The molecule has 23 heavy (non-hydrogen) atoms. The topological polar surface area (TPSA) is 35.0 Å². The highest BCUT2D eigenvalue weighted by Gasteiger charge is 2.02. The molecule has 0 bridgehead atoms. The van der Waals surface area contributed by atoms with Crippen LogP contribution in [0.2, 0.25) is 0 Å². The van der Waals surface area contributed by atoms with Crippen molar-refractivity contribution < 1.29 is 9.13 Å². The van der Waals surface area contributed by atoms with Gasteiger partial charge in [0.25, 0.3) is 0 Å². The molecule has 0 saturated carbocycles. The van der Waals surface area contributed by atoms with Gasteiger partial charge >= 0.3 is 0 Å². The Morgan fingerprint density at radius 2 is 1.87 bits per heavy atom. The number of hydrogen-bond donors (Lipinski definition) is 0. The lowest BCUT2D eigenvalue weighted by Crippen LogP contribution is -2.01. The molecule has 0 spiro atoms. The molecule has 3 rings (SSSR count). The van der Waals surface area contributed by atoms with E-state index >= 15 is 0 Å². The Bertz CT molecular complexity index is 745. The van der Waals surface area contributed by atoms with Crippen LogP contribution in [-0.4, -0.2) is 16.6 Å². The minimum atomic E-state index is -0.252. The van der Waals surface area contributed by atoms with Gasteiger partial charge in [-0.3, -0.25) is 4.98 Å². The Hall–Kier alpha value is -2.75. The van der Waals surface area contributed by atoms with Crippen molar-refractivity contribution >= 4 is 0 Å². The maximum Gasteiger partial charge on any atom is 0.213 e. The van der Waals surface area contributed by atoms with Crippen LogP contribution in [0.5, 0.6) is 5.88 Å². The second-order valence-corrected chi connectivity index (χ2v) is 5.17. The van der Waals surface area contributed by atoms with E-state index in [-0.39, 0.29) is 5.82 Å². The molecular formula is C19H17FN2O. The van der Waals surface area contributed by atoms with E-state index in [2.05, 4.69) is 9.97 Å². The molecule has 2 aromatic heterocycles. The number of ether oxygens (including phenoxy) is 1. The molecule has 0 atom stereocenters. The number of pyridine rings is 2. The van der Waals surface area contributed by atoms with Crippen molar-refractivity contribution in [1.29, 1.82) is 0 Å². The number of hydrogen-bond acceptors (Lipinski definition) is 3. The standard InChI is InChI=1S/C19H17FN2O/c20-17-6-3-5-15(13-17)16-9-10-19(22-14-16)23-12-4-8-18-7-1-2-11-21-18/h1-3,5-7,9-11,13-14H,4,8,12H2. The molecule has 3 nitrogen and oxygen atoms in total. The van der Waals surface area contributed by atoms with Gasteiger partial charge in [0, 0.05) is 29.7 Å². The smallest absolute Gasteiger partial charge is 0.213 e. The Kier molecular flexibility index (Phi) is 4.94. The summed E-state index contributed by atoms with van der Waals surface area (Å²) in [5, 5.41) is 0. The molecular weight excluding hydrogens is 291 g/mol. The zero-order valence-electron chi connectivity index (χ0n) is 12.7. The largest absolute Gasteiger partial charge is 0.478 e. The van der Waals surface area contributed by atoms with Gasteiger partial charge in [-0.15, -0.1) is 0 Å². The Morgan fingerprint density at radius 3 is 2.61 bits per heavy atom. The molecule has 116 valence electrons. The van der Waals surface area contributed by atoms with Crippen LogP contribution in [0, 0.1) is 5.82 Å². The highest BCUT2D eigenvalue weighted by atomic mass is 19.1. The second-order valence-electron chi connectivity index (χ2n) is 5.17. The predicted octanol–water partition coefficient (Wildman–Crippen LogP) is 4.29. The van der Waals surface area contributed by atoms with E-state index in [9.17, 15) is 4.39 Å². The molecule has 3 aromatic rings. The first kappa shape index (κ1) is 15.2. The van der Waals surface area contributed by atoms with Crippen LogP contribution in [0.1, 0.15) is 12.1 Å². The van der Waals surface area contributed by atoms with E-state index in [1.54, 1.807) is 24.5 Å². The summed E-state index contributed by atoms with van der Waals surface area (Å²) in [6.07, 6.45) is 5.25. The van der Waals surface area contributed by atoms with E-state index in [1.165, 1.54) is 12.1 Å². The summed E-state index contributed by atoms with van der Waals surface area (Å²) in [5.41, 5.74) is 2.73. The molecule has 0 aliphatic heterocycles. The summed E-state index contributed by atoms with van der Waals surface area (Å²) in [5.74, 6) is 0.323. The number of halogens is 1. The lowest BCUT2D eigenvalue weighted by molar-refractivity contribution is 0.299. The quantitative estimate of drug-likeness (QED) is 0.637. The van der Waals surface area contributed by atoms with E-state index in [1.807, 2.05) is 30.3 Å². The summed E-state index contributed by atoms with van der Waals surface area (Å²) in [6.45, 7) is 0.586. The third-order valence-corrected chi connectivity index (χ3v) is 3.45. The fourth-order valence-electron chi connectivity index (χ4n) is 2.28. The third-order valence-electron chi connectivity index (χ3n) is 3.45. The summed E-state index contributed by atoms with van der Waals surface area (Å²) < 4.78 is 18.9. The first-order valence-electron chi connectivity index (χ1n) is 7.56. The molecule has 0 unspecified atom stereocenters. The highest BCUT2D eigenvalue weighted by molar-refractivity contribution is 5.62. The number of aromatic nitrogens is 2. The van der Waals surface area contributed by atoms with Crippen molar-refractivity contribution in [2.75, 3.05) is 6.61 Å². The number of benzene rings is 1. The molecule has 0 aliphatic carbocycles. The third kappa shape index (κ3) is 4.36. The minimum Gasteiger partial charge on any atom is -0.478 e. The molecule has 0 radical (unpaired) electrons. The normalized spacial score (nSPS) is 10.5. The Morgan fingerprint density at radius 1 is 0.913 bits per heavy atom. The second kappa shape index (κ2) is 7.49. The molecule has 0 amide bonds. The maximum absolute atomic E-state index is 13.2. The van der Waals surface area contributed by atoms with Gasteiger partial charge in [0.15, 0.2) is 0 Å². The van der Waals surface area contributed by atoms with Crippen LogP contribution >= 0.6 is 0 Å². The molecule has 0 saturated heterocycles. The average Bonchev–Trinajstić information content (AvgIpc) is 2.60. The van der Waals surface area contributed by atoms with Gasteiger partial charge in [0.1, 0.15) is 5.82 Å². The first-order chi connectivity index (χ1) is 11.3. The van der Waals surface area contributed by atoms with Crippen LogP contribution in [0.3, 0.4) is 0 Å². The van der Waals surface area contributed by atoms with Gasteiger partial charge < -0.3 is 4.74 Å². The zero-order chi connectivity index (χ0) is 15.9. The molecule has 0 aliphatic rings. The number of aryl methyl sites for hydroxylation is 1. The lowest BCUT2D eigenvalue weighted by atomic mass is 10.1. The van der Waals surface area contributed by atoms with E-state index in [0.29, 0.717) is 12.5 Å². The molecule has 4 heteroatoms. The van der Waals surface area contributed by atoms with Gasteiger partial charge in [-0.2, -0.15) is 0 Å². The number of rotatable bonds is 6.